The Hall–Kier alpha value is -2.95. The first-order chi connectivity index (χ1) is 10.5. The van der Waals surface area contributed by atoms with Crippen LogP contribution in [0.2, 0.25) is 0 Å². The van der Waals surface area contributed by atoms with Crippen LogP contribution >= 0.6 is 0 Å². The van der Waals surface area contributed by atoms with Gasteiger partial charge in [-0.25, -0.2) is 4.90 Å². The summed E-state index contributed by atoms with van der Waals surface area (Å²) in [6.45, 7) is 3.24. The smallest absolute Gasteiger partial charge is 0.266 e. The van der Waals surface area contributed by atoms with Gasteiger partial charge >= 0.3 is 0 Å². The van der Waals surface area contributed by atoms with Gasteiger partial charge in [0, 0.05) is 12.6 Å². The predicted molar refractivity (Wildman–Crippen MR) is 83.1 cm³/mol. The molecule has 110 valence electrons. The zero-order valence-corrected chi connectivity index (χ0v) is 12.2. The summed E-state index contributed by atoms with van der Waals surface area (Å²) in [5.41, 5.74) is 2.58. The molecule has 0 bridgehead atoms. The van der Waals surface area contributed by atoms with Crippen LogP contribution in [0, 0.1) is 6.92 Å². The van der Waals surface area contributed by atoms with Crippen molar-refractivity contribution >= 4 is 29.1 Å². The molecule has 1 heterocycles. The van der Waals surface area contributed by atoms with E-state index in [-0.39, 0.29) is 17.7 Å². The number of hydrogen-bond donors (Lipinski definition) is 1. The van der Waals surface area contributed by atoms with Crippen LogP contribution in [0.1, 0.15) is 33.2 Å². The van der Waals surface area contributed by atoms with Crippen molar-refractivity contribution < 1.29 is 14.4 Å². The number of nitrogens with zero attached hydrogens (tertiary/aromatic N) is 1. The number of carbonyl (C=O) groups excluding carboxylic acids is 3. The van der Waals surface area contributed by atoms with Crippen molar-refractivity contribution in [3.63, 3.8) is 0 Å². The monoisotopic (exact) mass is 294 g/mol. The summed E-state index contributed by atoms with van der Waals surface area (Å²) < 4.78 is 0. The van der Waals surface area contributed by atoms with E-state index in [0.29, 0.717) is 22.5 Å². The first-order valence-electron chi connectivity index (χ1n) is 6.85. The highest BCUT2D eigenvalue weighted by Crippen LogP contribution is 2.31. The van der Waals surface area contributed by atoms with E-state index in [1.165, 1.54) is 17.9 Å². The summed E-state index contributed by atoms with van der Waals surface area (Å²) in [4.78, 5) is 37.4. The van der Waals surface area contributed by atoms with Crippen LogP contribution in [0.15, 0.2) is 42.5 Å². The second kappa shape index (κ2) is 5.11. The fourth-order valence-electron chi connectivity index (χ4n) is 2.55. The minimum Gasteiger partial charge on any atom is -0.326 e. The van der Waals surface area contributed by atoms with Crippen LogP contribution in [-0.2, 0) is 4.79 Å². The highest BCUT2D eigenvalue weighted by Gasteiger charge is 2.37. The summed E-state index contributed by atoms with van der Waals surface area (Å²) in [6, 6.07) is 12.0. The molecule has 0 atom stereocenters. The van der Waals surface area contributed by atoms with Gasteiger partial charge in [-0.15, -0.1) is 0 Å². The lowest BCUT2D eigenvalue weighted by Gasteiger charge is -2.16. The third-order valence-electron chi connectivity index (χ3n) is 3.56. The molecular weight excluding hydrogens is 280 g/mol. The van der Waals surface area contributed by atoms with E-state index >= 15 is 0 Å². The number of rotatable bonds is 2. The number of nitrogens with one attached hydrogen (secondary N) is 1. The molecule has 22 heavy (non-hydrogen) atoms. The van der Waals surface area contributed by atoms with Crippen molar-refractivity contribution in [1.29, 1.82) is 0 Å². The molecule has 2 aromatic rings. The number of hydrogen-bond acceptors (Lipinski definition) is 3. The molecule has 0 aliphatic carbocycles. The lowest BCUT2D eigenvalue weighted by atomic mass is 10.1. The van der Waals surface area contributed by atoms with E-state index in [2.05, 4.69) is 5.32 Å². The number of para-hydroxylation sites is 1. The average molecular weight is 294 g/mol. The number of fused-ring (bicyclic) bond motifs is 1. The van der Waals surface area contributed by atoms with Crippen LogP contribution in [-0.4, -0.2) is 17.7 Å². The van der Waals surface area contributed by atoms with Gasteiger partial charge in [-0.2, -0.15) is 0 Å². The molecule has 0 unspecified atom stereocenters. The minimum atomic E-state index is -0.374. The lowest BCUT2D eigenvalue weighted by Crippen LogP contribution is -2.29. The Kier molecular flexibility index (Phi) is 3.25. The molecule has 1 N–H and O–H groups in total. The Balaban J connectivity index is 2.05. The van der Waals surface area contributed by atoms with E-state index in [0.717, 1.165) is 5.56 Å². The summed E-state index contributed by atoms with van der Waals surface area (Å²) in [5, 5.41) is 2.61. The van der Waals surface area contributed by atoms with Gasteiger partial charge < -0.3 is 5.32 Å². The fourth-order valence-corrected chi connectivity index (χ4v) is 2.55. The SMILES string of the molecule is CC(=O)Nc1ccc2c(c1)C(=O)N(c1ccccc1C)C2=O. The van der Waals surface area contributed by atoms with Crippen molar-refractivity contribution in [2.75, 3.05) is 10.2 Å². The van der Waals surface area contributed by atoms with Gasteiger partial charge in [-0.3, -0.25) is 14.4 Å². The molecular formula is C17H14N2O3. The lowest BCUT2D eigenvalue weighted by molar-refractivity contribution is -0.114. The second-order valence-electron chi connectivity index (χ2n) is 5.17. The van der Waals surface area contributed by atoms with E-state index in [9.17, 15) is 14.4 Å². The van der Waals surface area contributed by atoms with Crippen molar-refractivity contribution in [2.24, 2.45) is 0 Å². The predicted octanol–water partition coefficient (Wildman–Crippen LogP) is 2.75. The maximum absolute atomic E-state index is 12.6. The first-order valence-corrected chi connectivity index (χ1v) is 6.85. The molecule has 0 aromatic heterocycles. The fraction of sp³-hybridized carbons (Fsp3) is 0.118. The largest absolute Gasteiger partial charge is 0.326 e. The summed E-state index contributed by atoms with van der Waals surface area (Å²) in [6.07, 6.45) is 0. The maximum atomic E-state index is 12.6. The molecule has 2 aromatic carbocycles. The molecule has 1 aliphatic rings. The van der Waals surface area contributed by atoms with Crippen molar-refractivity contribution in [3.8, 4) is 0 Å². The quantitative estimate of drug-likeness (QED) is 0.866. The van der Waals surface area contributed by atoms with Crippen LogP contribution in [0.25, 0.3) is 0 Å². The van der Waals surface area contributed by atoms with Crippen molar-refractivity contribution in [2.45, 2.75) is 13.8 Å². The van der Waals surface area contributed by atoms with Crippen LogP contribution in [0.5, 0.6) is 0 Å². The standard InChI is InChI=1S/C17H14N2O3/c1-10-5-3-4-6-15(10)19-16(21)13-8-7-12(18-11(2)20)9-14(13)17(19)22/h3-9H,1-2H3,(H,18,20). The molecule has 1 aliphatic heterocycles. The average Bonchev–Trinajstić information content (AvgIpc) is 2.71. The Morgan fingerprint density at radius 3 is 2.36 bits per heavy atom. The molecule has 0 radical (unpaired) electrons. The Morgan fingerprint density at radius 1 is 1.00 bits per heavy atom. The Labute approximate surface area is 127 Å². The molecule has 0 spiro atoms. The van der Waals surface area contributed by atoms with E-state index in [1.54, 1.807) is 24.3 Å². The van der Waals surface area contributed by atoms with Crippen molar-refractivity contribution in [1.82, 2.24) is 0 Å². The molecule has 0 fully saturated rings. The molecule has 5 heteroatoms. The molecule has 3 rings (SSSR count). The number of aryl methyl sites for hydroxylation is 1. The Morgan fingerprint density at radius 2 is 1.68 bits per heavy atom. The van der Waals surface area contributed by atoms with Gasteiger partial charge in [0.25, 0.3) is 11.8 Å². The van der Waals surface area contributed by atoms with Crippen LogP contribution in [0.4, 0.5) is 11.4 Å². The van der Waals surface area contributed by atoms with Gasteiger partial charge in [-0.1, -0.05) is 18.2 Å². The van der Waals surface area contributed by atoms with E-state index in [1.807, 2.05) is 19.1 Å². The van der Waals surface area contributed by atoms with E-state index < -0.39 is 0 Å². The summed E-state index contributed by atoms with van der Waals surface area (Å²) in [7, 11) is 0. The van der Waals surface area contributed by atoms with Gasteiger partial charge in [0.15, 0.2) is 0 Å². The molecule has 3 amide bonds. The van der Waals surface area contributed by atoms with Gasteiger partial charge in [0.2, 0.25) is 5.91 Å². The van der Waals surface area contributed by atoms with Crippen LogP contribution in [0.3, 0.4) is 0 Å². The third-order valence-corrected chi connectivity index (χ3v) is 3.56. The number of benzene rings is 2. The minimum absolute atomic E-state index is 0.229. The first kappa shape index (κ1) is 14.0. The number of imide groups is 1. The number of anilines is 2. The van der Waals surface area contributed by atoms with E-state index in [4.69, 9.17) is 0 Å². The van der Waals surface area contributed by atoms with Crippen molar-refractivity contribution in [3.05, 3.63) is 59.2 Å². The second-order valence-corrected chi connectivity index (χ2v) is 5.17. The number of amides is 3. The zero-order chi connectivity index (χ0) is 15.9. The topological polar surface area (TPSA) is 66.5 Å². The van der Waals surface area contributed by atoms with Crippen LogP contribution < -0.4 is 10.2 Å². The normalized spacial score (nSPS) is 13.3. The molecule has 0 saturated carbocycles. The van der Waals surface area contributed by atoms with Gasteiger partial charge in [0.1, 0.15) is 0 Å². The van der Waals surface area contributed by atoms with Gasteiger partial charge in [-0.05, 0) is 36.8 Å². The summed E-state index contributed by atoms with van der Waals surface area (Å²) >= 11 is 0. The Bertz CT molecular complexity index is 811. The molecule has 5 nitrogen and oxygen atoms in total. The maximum Gasteiger partial charge on any atom is 0.266 e. The highest BCUT2D eigenvalue weighted by atomic mass is 16.2. The van der Waals surface area contributed by atoms with Gasteiger partial charge in [0.05, 0.1) is 16.8 Å². The third kappa shape index (κ3) is 2.16. The highest BCUT2D eigenvalue weighted by molar-refractivity contribution is 6.34. The zero-order valence-electron chi connectivity index (χ0n) is 12.2. The summed E-state index contributed by atoms with van der Waals surface area (Å²) in [5.74, 6) is -0.947. The number of carbonyl (C=O) groups is 3. The molecule has 0 saturated heterocycles.